The van der Waals surface area contributed by atoms with E-state index in [1.54, 1.807) is 13.1 Å². The van der Waals surface area contributed by atoms with Crippen LogP contribution in [0.15, 0.2) is 85.3 Å². The predicted molar refractivity (Wildman–Crippen MR) is 206 cm³/mol. The average Bonchev–Trinajstić information content (AvgIpc) is 3.69. The smallest absolute Gasteiger partial charge is 0.408 e. The zero-order valence-electron chi connectivity index (χ0n) is 31.5. The second-order valence-corrected chi connectivity index (χ2v) is 14.1. The van der Waals surface area contributed by atoms with Gasteiger partial charge in [-0.15, -0.1) is 0 Å². The molecule has 4 rings (SSSR count). The molecule has 1 aromatic heterocycles. The summed E-state index contributed by atoms with van der Waals surface area (Å²) < 4.78 is 5.47. The number of amides is 4. The van der Waals surface area contributed by atoms with Gasteiger partial charge in [0.1, 0.15) is 18.7 Å². The summed E-state index contributed by atoms with van der Waals surface area (Å²) in [6.45, 7) is 7.19. The Kier molecular flexibility index (Phi) is 16.0. The lowest BCUT2D eigenvalue weighted by atomic mass is 9.92. The van der Waals surface area contributed by atoms with Crippen LogP contribution < -0.4 is 21.3 Å². The molecule has 0 fully saturated rings. The van der Waals surface area contributed by atoms with Gasteiger partial charge in [0.05, 0.1) is 37.0 Å². The highest BCUT2D eigenvalue weighted by atomic mass is 16.5. The molecule has 6 atom stereocenters. The van der Waals surface area contributed by atoms with Crippen LogP contribution in [-0.2, 0) is 38.6 Å². The molecular weight excluding hydrogens is 688 g/mol. The predicted octanol–water partition coefficient (Wildman–Crippen LogP) is 3.93. The van der Waals surface area contributed by atoms with Crippen LogP contribution in [0.2, 0.25) is 0 Å². The Morgan fingerprint density at radius 1 is 0.815 bits per heavy atom. The van der Waals surface area contributed by atoms with E-state index in [4.69, 9.17) is 4.74 Å². The van der Waals surface area contributed by atoms with Crippen molar-refractivity contribution >= 4 is 34.6 Å². The molecule has 4 aromatic rings. The van der Waals surface area contributed by atoms with Gasteiger partial charge in [-0.05, 0) is 40.7 Å². The van der Waals surface area contributed by atoms with Gasteiger partial charge in [-0.3, -0.25) is 14.4 Å². The van der Waals surface area contributed by atoms with Crippen molar-refractivity contribution < 1.29 is 34.1 Å². The number of nitrogens with zero attached hydrogens (tertiary/aromatic N) is 1. The number of aromatic amines is 1. The van der Waals surface area contributed by atoms with Crippen LogP contribution >= 0.6 is 0 Å². The topological polar surface area (TPSA) is 195 Å². The molecule has 4 amide bonds. The minimum absolute atomic E-state index is 0.00386. The minimum atomic E-state index is -1.27. The van der Waals surface area contributed by atoms with Crippen molar-refractivity contribution in [1.82, 2.24) is 31.2 Å². The molecule has 7 N–H and O–H groups in total. The molecule has 3 aromatic carbocycles. The van der Waals surface area contributed by atoms with Crippen molar-refractivity contribution in [3.05, 3.63) is 102 Å². The fraction of sp³-hybridized carbons (Fsp3) is 0.439. The molecule has 0 saturated carbocycles. The van der Waals surface area contributed by atoms with Crippen molar-refractivity contribution in [2.24, 2.45) is 11.8 Å². The fourth-order valence-electron chi connectivity index (χ4n) is 6.41. The van der Waals surface area contributed by atoms with Gasteiger partial charge in [-0.1, -0.05) is 107 Å². The molecule has 0 spiro atoms. The van der Waals surface area contributed by atoms with E-state index in [9.17, 15) is 29.4 Å². The molecule has 13 nitrogen and oxygen atoms in total. The summed E-state index contributed by atoms with van der Waals surface area (Å²) in [7, 11) is 0. The van der Waals surface area contributed by atoms with Crippen LogP contribution in [0.3, 0.4) is 0 Å². The first-order chi connectivity index (χ1) is 26.0. The quantitative estimate of drug-likeness (QED) is 0.0708. The molecule has 13 heteroatoms. The zero-order valence-corrected chi connectivity index (χ0v) is 31.5. The van der Waals surface area contributed by atoms with Crippen LogP contribution in [0.5, 0.6) is 0 Å². The number of hydrogen-bond acceptors (Lipinski definition) is 8. The maximum absolute atomic E-state index is 14.2. The summed E-state index contributed by atoms with van der Waals surface area (Å²) >= 11 is 0. The number of imidazole rings is 1. The SMILES string of the molecule is CCC[C@H](NC(=O)[C@H](Cc1cnc[nH]1)NC(=O)[C@H](Cc1cccc2ccccc12)NC(=O)OCc1ccccc1)[C@@H](O)C(C)C(=O)N[C@H](CO)CC(C)C. The third-order valence-electron chi connectivity index (χ3n) is 9.33. The van der Waals surface area contributed by atoms with E-state index in [1.807, 2.05) is 93.6 Å². The Morgan fingerprint density at radius 2 is 1.50 bits per heavy atom. The number of benzene rings is 3. The van der Waals surface area contributed by atoms with Crippen LogP contribution in [0.1, 0.15) is 63.8 Å². The fourth-order valence-corrected chi connectivity index (χ4v) is 6.41. The first kappa shape index (κ1) is 41.5. The van der Waals surface area contributed by atoms with E-state index >= 15 is 0 Å². The average molecular weight is 743 g/mol. The highest BCUT2D eigenvalue weighted by molar-refractivity contribution is 5.93. The molecule has 0 aliphatic carbocycles. The molecule has 290 valence electrons. The summed E-state index contributed by atoms with van der Waals surface area (Å²) in [6, 6.07) is 19.0. The largest absolute Gasteiger partial charge is 0.445 e. The van der Waals surface area contributed by atoms with Gasteiger partial charge in [0, 0.05) is 24.7 Å². The minimum Gasteiger partial charge on any atom is -0.445 e. The molecule has 1 heterocycles. The van der Waals surface area contributed by atoms with E-state index in [0.717, 1.165) is 21.9 Å². The van der Waals surface area contributed by atoms with Gasteiger partial charge in [0.25, 0.3) is 0 Å². The summed E-state index contributed by atoms with van der Waals surface area (Å²) in [5, 5.41) is 34.3. The number of ether oxygens (including phenoxy) is 1. The Hall–Kier alpha value is -5.27. The van der Waals surface area contributed by atoms with E-state index in [2.05, 4.69) is 31.2 Å². The Morgan fingerprint density at radius 3 is 2.19 bits per heavy atom. The number of H-pyrrole nitrogens is 1. The van der Waals surface area contributed by atoms with Gasteiger partial charge in [0.15, 0.2) is 0 Å². The monoisotopic (exact) mass is 742 g/mol. The Labute approximate surface area is 316 Å². The number of fused-ring (bicyclic) bond motifs is 1. The van der Waals surface area contributed by atoms with Gasteiger partial charge in [-0.25, -0.2) is 9.78 Å². The lowest BCUT2D eigenvalue weighted by molar-refractivity contribution is -0.133. The van der Waals surface area contributed by atoms with E-state index in [1.165, 1.54) is 6.33 Å². The Bertz CT molecular complexity index is 1780. The van der Waals surface area contributed by atoms with E-state index in [0.29, 0.717) is 25.0 Å². The van der Waals surface area contributed by atoms with E-state index < -0.39 is 60.0 Å². The highest BCUT2D eigenvalue weighted by Crippen LogP contribution is 2.21. The van der Waals surface area contributed by atoms with Crippen molar-refractivity contribution in [3.63, 3.8) is 0 Å². The van der Waals surface area contributed by atoms with Crippen LogP contribution in [0, 0.1) is 11.8 Å². The highest BCUT2D eigenvalue weighted by Gasteiger charge is 2.34. The standard InChI is InChI=1S/C41H54N6O7/c1-5-12-34(37(49)27(4)38(50)44-32(23-48)19-26(2)3)45-40(52)36(21-31-22-42-25-43-31)46-39(51)35(47-41(53)54-24-28-13-7-6-8-14-28)20-30-17-11-16-29-15-9-10-18-33(29)30/h6-11,13-18,22,25-27,32,34-37,48-49H,5,12,19-21,23-24H2,1-4H3,(H,42,43)(H,44,50)(H,45,52)(H,46,51)(H,47,53)/t27?,32-,34-,35-,36-,37-/m0/s1. The van der Waals surface area contributed by atoms with Crippen LogP contribution in [-0.4, -0.2) is 80.9 Å². The maximum Gasteiger partial charge on any atom is 0.408 e. The second-order valence-electron chi connectivity index (χ2n) is 14.1. The summed E-state index contributed by atoms with van der Waals surface area (Å²) in [5.74, 6) is -2.34. The number of aliphatic hydroxyl groups excluding tert-OH is 2. The summed E-state index contributed by atoms with van der Waals surface area (Å²) in [5.41, 5.74) is 2.15. The third kappa shape index (κ3) is 12.4. The molecule has 0 saturated heterocycles. The van der Waals surface area contributed by atoms with Gasteiger partial charge >= 0.3 is 6.09 Å². The van der Waals surface area contributed by atoms with Crippen molar-refractivity contribution in [3.8, 4) is 0 Å². The number of hydrogen-bond donors (Lipinski definition) is 7. The first-order valence-corrected chi connectivity index (χ1v) is 18.6. The lowest BCUT2D eigenvalue weighted by Crippen LogP contribution is -2.58. The van der Waals surface area contributed by atoms with E-state index in [-0.39, 0.29) is 32.0 Å². The number of carbonyl (C=O) groups excluding carboxylic acids is 4. The molecule has 54 heavy (non-hydrogen) atoms. The van der Waals surface area contributed by atoms with Gasteiger partial charge in [0.2, 0.25) is 17.7 Å². The zero-order chi connectivity index (χ0) is 39.0. The molecule has 0 bridgehead atoms. The van der Waals surface area contributed by atoms with Crippen molar-refractivity contribution in [1.29, 1.82) is 0 Å². The number of carbonyl (C=O) groups is 4. The first-order valence-electron chi connectivity index (χ1n) is 18.6. The number of aromatic nitrogens is 2. The Balaban J connectivity index is 1.55. The van der Waals surface area contributed by atoms with Crippen molar-refractivity contribution in [2.75, 3.05) is 6.61 Å². The molecule has 0 aliphatic rings. The van der Waals surface area contributed by atoms with Gasteiger partial charge < -0.3 is 41.2 Å². The third-order valence-corrected chi connectivity index (χ3v) is 9.33. The van der Waals surface area contributed by atoms with Crippen LogP contribution in [0.4, 0.5) is 4.79 Å². The number of nitrogens with one attached hydrogen (secondary N) is 5. The number of aliphatic hydroxyl groups is 2. The molecular formula is C41H54N6O7. The lowest BCUT2D eigenvalue weighted by Gasteiger charge is -2.31. The number of alkyl carbamates (subject to hydrolysis) is 1. The maximum atomic E-state index is 14.2. The summed E-state index contributed by atoms with van der Waals surface area (Å²) in [4.78, 5) is 61.5. The van der Waals surface area contributed by atoms with Gasteiger partial charge in [-0.2, -0.15) is 0 Å². The molecule has 0 aliphatic heterocycles. The van der Waals surface area contributed by atoms with Crippen molar-refractivity contribution in [2.45, 2.75) is 96.7 Å². The number of rotatable bonds is 20. The molecule has 1 unspecified atom stereocenters. The normalized spacial score (nSPS) is 14.6. The second kappa shape index (κ2) is 20.8. The summed E-state index contributed by atoms with van der Waals surface area (Å²) in [6.07, 6.45) is 2.56. The van der Waals surface area contributed by atoms with Crippen LogP contribution in [0.25, 0.3) is 10.8 Å². The molecule has 0 radical (unpaired) electrons.